The van der Waals surface area contributed by atoms with E-state index < -0.39 is 0 Å². The van der Waals surface area contributed by atoms with Crippen molar-refractivity contribution in [1.82, 2.24) is 0 Å². The summed E-state index contributed by atoms with van der Waals surface area (Å²) in [6.07, 6.45) is 5.22. The number of terminal acetylenes is 1. The maximum atomic E-state index is 13.4. The molecule has 0 unspecified atom stereocenters. The van der Waals surface area contributed by atoms with Gasteiger partial charge in [0.2, 0.25) is 5.43 Å². The largest absolute Gasteiger partial charge is 0.507 e. The van der Waals surface area contributed by atoms with E-state index >= 15 is 0 Å². The third kappa shape index (κ3) is 3.10. The summed E-state index contributed by atoms with van der Waals surface area (Å²) in [5.41, 5.74) is 1.79. The summed E-state index contributed by atoms with van der Waals surface area (Å²) in [7, 11) is 0. The number of ether oxygens (including phenoxy) is 1. The van der Waals surface area contributed by atoms with E-state index in [4.69, 9.17) is 15.6 Å². The number of benzene rings is 3. The minimum atomic E-state index is -0.313. The van der Waals surface area contributed by atoms with Gasteiger partial charge in [-0.1, -0.05) is 66.6 Å². The molecule has 3 aromatic carbocycles. The van der Waals surface area contributed by atoms with E-state index in [1.54, 1.807) is 6.07 Å². The van der Waals surface area contributed by atoms with Crippen molar-refractivity contribution in [3.8, 4) is 46.3 Å². The van der Waals surface area contributed by atoms with E-state index in [1.807, 2.05) is 60.7 Å². The highest BCUT2D eigenvalue weighted by Gasteiger charge is 2.20. The number of hydrogen-bond acceptors (Lipinski definition) is 4. The number of hydrogen-bond donors (Lipinski definition) is 1. The molecule has 136 valence electrons. The molecule has 4 rings (SSSR count). The van der Waals surface area contributed by atoms with Gasteiger partial charge in [-0.3, -0.25) is 4.79 Å². The number of fused-ring (bicyclic) bond motifs is 1. The molecule has 1 heterocycles. The van der Waals surface area contributed by atoms with Gasteiger partial charge in [0, 0.05) is 17.7 Å². The molecule has 28 heavy (non-hydrogen) atoms. The van der Waals surface area contributed by atoms with Gasteiger partial charge in [0.15, 0.2) is 0 Å². The lowest BCUT2D eigenvalue weighted by atomic mass is 9.98. The first-order valence-corrected chi connectivity index (χ1v) is 8.70. The Kier molecular flexibility index (Phi) is 4.57. The van der Waals surface area contributed by atoms with Gasteiger partial charge >= 0.3 is 0 Å². The van der Waals surface area contributed by atoms with Gasteiger partial charge in [-0.25, -0.2) is 0 Å². The topological polar surface area (TPSA) is 59.7 Å². The normalized spacial score (nSPS) is 10.5. The van der Waals surface area contributed by atoms with Gasteiger partial charge in [-0.2, -0.15) is 0 Å². The van der Waals surface area contributed by atoms with E-state index in [-0.39, 0.29) is 28.8 Å². The Morgan fingerprint density at radius 1 is 0.964 bits per heavy atom. The zero-order valence-electron chi connectivity index (χ0n) is 14.9. The average molecular weight is 368 g/mol. The Morgan fingerprint density at radius 3 is 2.25 bits per heavy atom. The zero-order chi connectivity index (χ0) is 19.5. The standard InChI is InChI=1S/C24H16O4/c1-2-13-27-18-14-19(25)22-20(15-18)28-24(17-11-7-4-8-12-17)21(23(22)26)16-9-5-3-6-10-16/h1,3-12,14-15,25H,13H2. The molecule has 0 atom stereocenters. The average Bonchev–Trinajstić information content (AvgIpc) is 2.73. The molecule has 4 heteroatoms. The van der Waals surface area contributed by atoms with Gasteiger partial charge in [0.25, 0.3) is 0 Å². The Hall–Kier alpha value is -3.97. The smallest absolute Gasteiger partial charge is 0.204 e. The summed E-state index contributed by atoms with van der Waals surface area (Å²) >= 11 is 0. The fraction of sp³-hybridized carbons (Fsp3) is 0.0417. The van der Waals surface area contributed by atoms with E-state index in [1.165, 1.54) is 6.07 Å². The minimum absolute atomic E-state index is 0.0445. The number of phenols is 1. The Bertz CT molecular complexity index is 1230. The van der Waals surface area contributed by atoms with E-state index in [9.17, 15) is 9.90 Å². The van der Waals surface area contributed by atoms with Gasteiger partial charge in [0.05, 0.1) is 5.56 Å². The van der Waals surface area contributed by atoms with Crippen LogP contribution in [0.5, 0.6) is 11.5 Å². The summed E-state index contributed by atoms with van der Waals surface area (Å²) < 4.78 is 11.5. The van der Waals surface area contributed by atoms with Gasteiger partial charge < -0.3 is 14.3 Å². The highest BCUT2D eigenvalue weighted by Crippen LogP contribution is 2.36. The fourth-order valence-corrected chi connectivity index (χ4v) is 3.14. The van der Waals surface area contributed by atoms with Crippen molar-refractivity contribution in [3.63, 3.8) is 0 Å². The maximum absolute atomic E-state index is 13.4. The third-order valence-corrected chi connectivity index (χ3v) is 4.37. The molecule has 0 aliphatic heterocycles. The molecule has 4 aromatic rings. The summed E-state index contributed by atoms with van der Waals surface area (Å²) in [5, 5.41) is 10.6. The molecule has 0 spiro atoms. The highest BCUT2D eigenvalue weighted by atomic mass is 16.5. The van der Waals surface area contributed by atoms with E-state index in [0.717, 1.165) is 5.56 Å². The van der Waals surface area contributed by atoms with Crippen molar-refractivity contribution in [2.75, 3.05) is 6.61 Å². The van der Waals surface area contributed by atoms with Gasteiger partial charge in [0.1, 0.15) is 34.8 Å². The van der Waals surface area contributed by atoms with Crippen LogP contribution < -0.4 is 10.2 Å². The summed E-state index contributed by atoms with van der Waals surface area (Å²) in [6.45, 7) is 0.0445. The lowest BCUT2D eigenvalue weighted by molar-refractivity contribution is 0.367. The molecular weight excluding hydrogens is 352 g/mol. The molecule has 0 aliphatic rings. The summed E-state index contributed by atoms with van der Waals surface area (Å²) in [6, 6.07) is 21.6. The van der Waals surface area contributed by atoms with Crippen molar-refractivity contribution >= 4 is 11.0 Å². The van der Waals surface area contributed by atoms with E-state index in [2.05, 4.69) is 5.92 Å². The predicted octanol–water partition coefficient (Wildman–Crippen LogP) is 4.84. The first-order valence-electron chi connectivity index (χ1n) is 8.70. The van der Waals surface area contributed by atoms with Crippen LogP contribution in [-0.2, 0) is 0 Å². The second kappa shape index (κ2) is 7.34. The second-order valence-corrected chi connectivity index (χ2v) is 6.18. The van der Waals surface area contributed by atoms with Crippen molar-refractivity contribution in [3.05, 3.63) is 83.0 Å². The Balaban J connectivity index is 2.06. The number of phenolic OH excluding ortho intramolecular Hbond substituents is 1. The van der Waals surface area contributed by atoms with Crippen molar-refractivity contribution in [2.45, 2.75) is 0 Å². The van der Waals surface area contributed by atoms with Crippen LogP contribution in [0.1, 0.15) is 0 Å². The lowest BCUT2D eigenvalue weighted by Gasteiger charge is -2.12. The van der Waals surface area contributed by atoms with Crippen LogP contribution in [0.3, 0.4) is 0 Å². The Morgan fingerprint density at radius 2 is 1.61 bits per heavy atom. The molecule has 0 amide bonds. The van der Waals surface area contributed by atoms with Crippen LogP contribution >= 0.6 is 0 Å². The number of rotatable bonds is 4. The molecule has 0 radical (unpaired) electrons. The van der Waals surface area contributed by atoms with E-state index in [0.29, 0.717) is 22.6 Å². The SMILES string of the molecule is C#CCOc1cc(O)c2c(=O)c(-c3ccccc3)c(-c3ccccc3)oc2c1. The monoisotopic (exact) mass is 368 g/mol. The molecular formula is C24H16O4. The van der Waals surface area contributed by atoms with Gasteiger partial charge in [-0.15, -0.1) is 6.42 Å². The van der Waals surface area contributed by atoms with Crippen LogP contribution in [0.25, 0.3) is 33.4 Å². The van der Waals surface area contributed by atoms with Crippen LogP contribution in [0, 0.1) is 12.3 Å². The molecule has 0 aliphatic carbocycles. The fourth-order valence-electron chi connectivity index (χ4n) is 3.14. The number of aromatic hydroxyl groups is 1. The first kappa shape index (κ1) is 17.4. The molecule has 0 fully saturated rings. The molecule has 1 N–H and O–H groups in total. The maximum Gasteiger partial charge on any atom is 0.204 e. The highest BCUT2D eigenvalue weighted by molar-refractivity contribution is 5.93. The summed E-state index contributed by atoms with van der Waals surface area (Å²) in [5.74, 6) is 2.91. The first-order chi connectivity index (χ1) is 13.7. The molecule has 0 bridgehead atoms. The third-order valence-electron chi connectivity index (χ3n) is 4.37. The van der Waals surface area contributed by atoms with Crippen LogP contribution in [-0.4, -0.2) is 11.7 Å². The second-order valence-electron chi connectivity index (χ2n) is 6.18. The molecule has 1 aromatic heterocycles. The van der Waals surface area contributed by atoms with Crippen molar-refractivity contribution in [1.29, 1.82) is 0 Å². The molecule has 0 saturated heterocycles. The molecule has 0 saturated carbocycles. The van der Waals surface area contributed by atoms with Gasteiger partial charge in [-0.05, 0) is 5.56 Å². The van der Waals surface area contributed by atoms with Crippen LogP contribution in [0.4, 0.5) is 0 Å². The van der Waals surface area contributed by atoms with Crippen LogP contribution in [0.15, 0.2) is 82.0 Å². The predicted molar refractivity (Wildman–Crippen MR) is 109 cm³/mol. The minimum Gasteiger partial charge on any atom is -0.507 e. The lowest BCUT2D eigenvalue weighted by Crippen LogP contribution is -2.08. The molecule has 4 nitrogen and oxygen atoms in total. The Labute approximate surface area is 161 Å². The quantitative estimate of drug-likeness (QED) is 0.524. The van der Waals surface area contributed by atoms with Crippen LogP contribution in [0.2, 0.25) is 0 Å². The van der Waals surface area contributed by atoms with Crippen molar-refractivity contribution < 1.29 is 14.3 Å². The summed E-state index contributed by atoms with van der Waals surface area (Å²) in [4.78, 5) is 13.4. The zero-order valence-corrected chi connectivity index (χ0v) is 14.9. The van der Waals surface area contributed by atoms with Crippen molar-refractivity contribution in [2.24, 2.45) is 0 Å².